The molecule has 0 bridgehead atoms. The monoisotopic (exact) mass is 342 g/mol. The first-order chi connectivity index (χ1) is 11.9. The van der Waals surface area contributed by atoms with Gasteiger partial charge in [-0.3, -0.25) is 5.10 Å². The Labute approximate surface area is 145 Å². The van der Waals surface area contributed by atoms with Gasteiger partial charge in [-0.2, -0.15) is 5.10 Å². The molecule has 4 N–H and O–H groups in total. The highest BCUT2D eigenvalue weighted by molar-refractivity contribution is 5.86. The number of fused-ring (bicyclic) bond motifs is 1. The van der Waals surface area contributed by atoms with E-state index in [-0.39, 0.29) is 18.1 Å². The molecule has 3 aromatic rings. The average Bonchev–Trinajstić information content (AvgIpc) is 3.23. The number of nitrogens with two attached hydrogens (primary N) is 1. The maximum Gasteiger partial charge on any atom is 0.160 e. The number of aromatic nitrogens is 5. The van der Waals surface area contributed by atoms with E-state index in [9.17, 15) is 5.11 Å². The minimum atomic E-state index is -1.19. The lowest BCUT2D eigenvalue weighted by Gasteiger charge is -2.27. The number of rotatable bonds is 4. The predicted molar refractivity (Wildman–Crippen MR) is 92.7 cm³/mol. The molecule has 3 atom stereocenters. The van der Waals surface area contributed by atoms with E-state index in [2.05, 4.69) is 24.7 Å². The van der Waals surface area contributed by atoms with Gasteiger partial charge in [-0.05, 0) is 38.8 Å². The van der Waals surface area contributed by atoms with Gasteiger partial charge in [-0.1, -0.05) is 0 Å². The number of hydrogen-bond donors (Lipinski definition) is 3. The highest BCUT2D eigenvalue weighted by atomic mass is 16.6. The number of nitrogen functional groups attached to an aromatic ring is 1. The summed E-state index contributed by atoms with van der Waals surface area (Å²) in [6.45, 7) is 3.31. The lowest BCUT2D eigenvalue weighted by Crippen LogP contribution is -2.31. The number of anilines is 1. The summed E-state index contributed by atoms with van der Waals surface area (Å²) in [6, 6.07) is 4.09. The molecule has 0 amide bonds. The van der Waals surface area contributed by atoms with Gasteiger partial charge >= 0.3 is 0 Å². The normalized spacial score (nSPS) is 24.2. The topological polar surface area (TPSA) is 115 Å². The van der Waals surface area contributed by atoms with Crippen LogP contribution in [-0.2, 0) is 4.74 Å². The van der Waals surface area contributed by atoms with E-state index >= 15 is 0 Å². The number of aliphatic hydroxyl groups is 1. The molecular formula is C17H22N6O2. The lowest BCUT2D eigenvalue weighted by atomic mass is 10.0. The van der Waals surface area contributed by atoms with Gasteiger partial charge in [-0.25, -0.2) is 9.97 Å². The van der Waals surface area contributed by atoms with Crippen LogP contribution in [0.2, 0.25) is 0 Å². The molecular weight excluding hydrogens is 320 g/mol. The van der Waals surface area contributed by atoms with Crippen molar-refractivity contribution in [2.75, 3.05) is 5.73 Å². The highest BCUT2D eigenvalue weighted by Gasteiger charge is 2.40. The van der Waals surface area contributed by atoms with Crippen LogP contribution < -0.4 is 5.73 Å². The van der Waals surface area contributed by atoms with E-state index in [1.807, 2.05) is 18.3 Å². The van der Waals surface area contributed by atoms with Crippen LogP contribution in [0.25, 0.3) is 11.0 Å². The molecule has 3 heterocycles. The van der Waals surface area contributed by atoms with Gasteiger partial charge in [-0.15, -0.1) is 0 Å². The minimum Gasteiger partial charge on any atom is -0.383 e. The van der Waals surface area contributed by atoms with Crippen molar-refractivity contribution < 1.29 is 9.84 Å². The first-order valence-electron chi connectivity index (χ1n) is 8.39. The Hall–Kier alpha value is -2.45. The van der Waals surface area contributed by atoms with Crippen LogP contribution in [0.1, 0.15) is 44.3 Å². The van der Waals surface area contributed by atoms with Crippen LogP contribution in [0.4, 0.5) is 5.82 Å². The summed E-state index contributed by atoms with van der Waals surface area (Å²) in [5.41, 5.74) is 7.79. The van der Waals surface area contributed by atoms with Crippen LogP contribution in [0.3, 0.4) is 0 Å². The fourth-order valence-corrected chi connectivity index (χ4v) is 3.79. The van der Waals surface area contributed by atoms with E-state index in [1.165, 1.54) is 6.33 Å². The number of nitrogens with zero attached hydrogens (tertiary/aromatic N) is 4. The molecule has 4 rings (SSSR count). The summed E-state index contributed by atoms with van der Waals surface area (Å²) >= 11 is 0. The van der Waals surface area contributed by atoms with Gasteiger partial charge in [0.1, 0.15) is 17.8 Å². The zero-order chi connectivity index (χ0) is 17.6. The second-order valence-electron chi connectivity index (χ2n) is 7.07. The van der Waals surface area contributed by atoms with Crippen molar-refractivity contribution in [2.24, 2.45) is 0 Å². The summed E-state index contributed by atoms with van der Waals surface area (Å²) < 4.78 is 8.07. The van der Waals surface area contributed by atoms with Gasteiger partial charge in [0.05, 0.1) is 11.5 Å². The van der Waals surface area contributed by atoms with Crippen molar-refractivity contribution in [1.29, 1.82) is 0 Å². The van der Waals surface area contributed by atoms with Gasteiger partial charge in [0.2, 0.25) is 0 Å². The third kappa shape index (κ3) is 2.98. The molecule has 0 aliphatic heterocycles. The quantitative estimate of drug-likeness (QED) is 0.624. The molecule has 25 heavy (non-hydrogen) atoms. The Balaban J connectivity index is 1.68. The molecule has 1 aliphatic rings. The van der Waals surface area contributed by atoms with Crippen molar-refractivity contribution >= 4 is 16.9 Å². The van der Waals surface area contributed by atoms with Crippen molar-refractivity contribution in [3.8, 4) is 0 Å². The van der Waals surface area contributed by atoms with E-state index in [4.69, 9.17) is 10.5 Å². The Bertz CT molecular complexity index is 867. The van der Waals surface area contributed by atoms with Gasteiger partial charge < -0.3 is 20.1 Å². The van der Waals surface area contributed by atoms with Crippen LogP contribution in [-0.4, -0.2) is 41.7 Å². The van der Waals surface area contributed by atoms with Crippen LogP contribution >= 0.6 is 0 Å². The fourth-order valence-electron chi connectivity index (χ4n) is 3.79. The Morgan fingerprint density at radius 2 is 2.16 bits per heavy atom. The molecule has 1 aliphatic carbocycles. The van der Waals surface area contributed by atoms with Crippen molar-refractivity contribution in [3.63, 3.8) is 0 Å². The van der Waals surface area contributed by atoms with Crippen molar-refractivity contribution in [1.82, 2.24) is 24.7 Å². The number of hydrogen-bond acceptors (Lipinski definition) is 6. The zero-order valence-corrected chi connectivity index (χ0v) is 14.3. The molecule has 8 heteroatoms. The Kier molecular flexibility index (Phi) is 3.73. The Morgan fingerprint density at radius 3 is 2.88 bits per heavy atom. The lowest BCUT2D eigenvalue weighted by molar-refractivity contribution is -0.207. The Morgan fingerprint density at radius 1 is 1.32 bits per heavy atom. The molecule has 8 nitrogen and oxygen atoms in total. The maximum atomic E-state index is 10.1. The van der Waals surface area contributed by atoms with Gasteiger partial charge in [0.25, 0.3) is 0 Å². The molecule has 0 spiro atoms. The molecule has 0 aromatic carbocycles. The second kappa shape index (κ2) is 5.82. The van der Waals surface area contributed by atoms with Crippen LogP contribution in [0.15, 0.2) is 30.9 Å². The molecule has 0 unspecified atom stereocenters. The van der Waals surface area contributed by atoms with Crippen LogP contribution in [0.5, 0.6) is 0 Å². The van der Waals surface area contributed by atoms with Gasteiger partial charge in [0, 0.05) is 30.0 Å². The van der Waals surface area contributed by atoms with E-state index in [1.54, 1.807) is 20.0 Å². The first kappa shape index (κ1) is 16.0. The molecule has 0 radical (unpaired) electrons. The SMILES string of the molecule is CC(C)(O)O[C@H]1C[C@H](n2ccc3c(N)ncnc32)C[C@@H]1c1ccn[nH]1. The molecule has 1 fully saturated rings. The third-order valence-corrected chi connectivity index (χ3v) is 4.77. The van der Waals surface area contributed by atoms with Crippen molar-refractivity contribution in [3.05, 3.63) is 36.5 Å². The first-order valence-corrected chi connectivity index (χ1v) is 8.39. The maximum absolute atomic E-state index is 10.1. The standard InChI is InChI=1S/C17H22N6O2/c1-17(2,24)25-14-8-10(7-12(14)13-3-5-21-22-13)23-6-4-11-15(18)19-9-20-16(11)23/h3-6,9-10,12,14,24H,7-8H2,1-2H3,(H,21,22)(H2,18,19,20)/t10-,12-,14+/m1/s1. The average molecular weight is 342 g/mol. The van der Waals surface area contributed by atoms with Crippen molar-refractivity contribution in [2.45, 2.75) is 50.5 Å². The number of aromatic amines is 1. The summed E-state index contributed by atoms with van der Waals surface area (Å²) in [6.07, 6.45) is 6.72. The zero-order valence-electron chi connectivity index (χ0n) is 14.3. The fraction of sp³-hybridized carbons (Fsp3) is 0.471. The molecule has 3 aromatic heterocycles. The largest absolute Gasteiger partial charge is 0.383 e. The summed E-state index contributed by atoms with van der Waals surface area (Å²) in [5, 5.41) is 18.1. The van der Waals surface area contributed by atoms with Crippen LogP contribution in [0, 0.1) is 0 Å². The van der Waals surface area contributed by atoms with Gasteiger partial charge in [0.15, 0.2) is 5.79 Å². The van der Waals surface area contributed by atoms with E-state index < -0.39 is 5.79 Å². The molecule has 132 valence electrons. The number of H-pyrrole nitrogens is 1. The number of ether oxygens (including phenoxy) is 1. The molecule has 1 saturated carbocycles. The third-order valence-electron chi connectivity index (χ3n) is 4.77. The van der Waals surface area contributed by atoms with E-state index in [0.29, 0.717) is 5.82 Å². The van der Waals surface area contributed by atoms with E-state index in [0.717, 1.165) is 29.6 Å². The smallest absolute Gasteiger partial charge is 0.160 e. The predicted octanol–water partition coefficient (Wildman–Crippen LogP) is 1.97. The second-order valence-corrected chi connectivity index (χ2v) is 7.07. The number of nitrogens with one attached hydrogen (secondary N) is 1. The highest BCUT2D eigenvalue weighted by Crippen LogP contribution is 2.44. The summed E-state index contributed by atoms with van der Waals surface area (Å²) in [4.78, 5) is 8.44. The minimum absolute atomic E-state index is 0.121. The summed E-state index contributed by atoms with van der Waals surface area (Å²) in [7, 11) is 0. The molecule has 0 saturated heterocycles. The summed E-state index contributed by atoms with van der Waals surface area (Å²) in [5.74, 6) is -0.588.